The summed E-state index contributed by atoms with van der Waals surface area (Å²) in [4.78, 5) is 9.46. The van der Waals surface area contributed by atoms with E-state index < -0.39 is 7.82 Å². The van der Waals surface area contributed by atoms with Crippen molar-refractivity contribution >= 4 is 7.82 Å². The Balaban J connectivity index is 3.35. The molecule has 0 aliphatic carbocycles. The van der Waals surface area contributed by atoms with Crippen LogP contribution in [0.25, 0.3) is 0 Å². The summed E-state index contributed by atoms with van der Waals surface area (Å²) < 4.78 is 31.9. The molecule has 0 unspecified atom stereocenters. The standard InChI is InChI=1S/C16H35O6P/c1-3-5-7-9-11-19-13-15-21-23(17,18)22-16-14-20-12-10-8-6-4-2/h3-16H2,1-2H3,(H,17,18). The first-order chi connectivity index (χ1) is 11.1. The zero-order valence-electron chi connectivity index (χ0n) is 14.8. The number of hydrogen-bond acceptors (Lipinski definition) is 5. The average Bonchev–Trinajstić information content (AvgIpc) is 2.52. The lowest BCUT2D eigenvalue weighted by Crippen LogP contribution is -2.08. The molecule has 0 spiro atoms. The van der Waals surface area contributed by atoms with E-state index in [4.69, 9.17) is 18.5 Å². The molecular formula is C16H35O6P. The molecule has 0 saturated carbocycles. The summed E-state index contributed by atoms with van der Waals surface area (Å²) in [5, 5.41) is 0. The Kier molecular flexibility index (Phi) is 16.9. The van der Waals surface area contributed by atoms with Crippen LogP contribution in [0, 0.1) is 0 Å². The van der Waals surface area contributed by atoms with Gasteiger partial charge in [-0.3, -0.25) is 9.05 Å². The fourth-order valence-electron chi connectivity index (χ4n) is 1.93. The first-order valence-electron chi connectivity index (χ1n) is 8.89. The van der Waals surface area contributed by atoms with Crippen LogP contribution in [-0.2, 0) is 23.1 Å². The van der Waals surface area contributed by atoms with Crippen LogP contribution < -0.4 is 0 Å². The van der Waals surface area contributed by atoms with E-state index in [0.717, 1.165) is 25.7 Å². The zero-order chi connectivity index (χ0) is 17.2. The summed E-state index contributed by atoms with van der Waals surface area (Å²) in [5.74, 6) is 0. The van der Waals surface area contributed by atoms with Gasteiger partial charge in [-0.25, -0.2) is 4.57 Å². The number of rotatable bonds is 18. The fraction of sp³-hybridized carbons (Fsp3) is 1.00. The Labute approximate surface area is 141 Å². The van der Waals surface area contributed by atoms with E-state index >= 15 is 0 Å². The topological polar surface area (TPSA) is 74.2 Å². The minimum Gasteiger partial charge on any atom is -0.379 e. The lowest BCUT2D eigenvalue weighted by molar-refractivity contribution is 0.0564. The smallest absolute Gasteiger partial charge is 0.379 e. The van der Waals surface area contributed by atoms with Crippen molar-refractivity contribution in [3.8, 4) is 0 Å². The molecule has 0 radical (unpaired) electrons. The van der Waals surface area contributed by atoms with Gasteiger partial charge in [-0.05, 0) is 12.8 Å². The molecular weight excluding hydrogens is 319 g/mol. The van der Waals surface area contributed by atoms with Crippen LogP contribution in [0.4, 0.5) is 0 Å². The lowest BCUT2D eigenvalue weighted by atomic mass is 10.2. The van der Waals surface area contributed by atoms with E-state index in [0.29, 0.717) is 26.4 Å². The van der Waals surface area contributed by atoms with Crippen LogP contribution in [0.5, 0.6) is 0 Å². The van der Waals surface area contributed by atoms with Crippen molar-refractivity contribution in [2.45, 2.75) is 65.2 Å². The van der Waals surface area contributed by atoms with E-state index in [1.54, 1.807) is 0 Å². The Hall–Kier alpha value is 0.0300. The second kappa shape index (κ2) is 16.9. The molecule has 0 aromatic carbocycles. The van der Waals surface area contributed by atoms with E-state index in [9.17, 15) is 9.46 Å². The van der Waals surface area contributed by atoms with E-state index in [1.807, 2.05) is 0 Å². The Bertz CT molecular complexity index is 264. The van der Waals surface area contributed by atoms with Crippen LogP contribution in [0.15, 0.2) is 0 Å². The van der Waals surface area contributed by atoms with Crippen LogP contribution >= 0.6 is 7.82 Å². The lowest BCUT2D eigenvalue weighted by Gasteiger charge is -2.12. The molecule has 0 saturated heterocycles. The van der Waals surface area contributed by atoms with Gasteiger partial charge in [-0.15, -0.1) is 0 Å². The van der Waals surface area contributed by atoms with Crippen LogP contribution in [0.3, 0.4) is 0 Å². The first-order valence-corrected chi connectivity index (χ1v) is 10.4. The van der Waals surface area contributed by atoms with Crippen molar-refractivity contribution in [2.24, 2.45) is 0 Å². The van der Waals surface area contributed by atoms with Crippen LogP contribution in [-0.4, -0.2) is 44.5 Å². The molecule has 6 nitrogen and oxygen atoms in total. The number of ether oxygens (including phenoxy) is 2. The summed E-state index contributed by atoms with van der Waals surface area (Å²) in [7, 11) is -3.98. The molecule has 0 fully saturated rings. The Morgan fingerprint density at radius 3 is 1.48 bits per heavy atom. The third kappa shape index (κ3) is 18.2. The van der Waals surface area contributed by atoms with Gasteiger partial charge >= 0.3 is 7.82 Å². The van der Waals surface area contributed by atoms with E-state index in [-0.39, 0.29) is 13.2 Å². The number of phosphoric acid groups is 1. The van der Waals surface area contributed by atoms with Crippen molar-refractivity contribution in [3.05, 3.63) is 0 Å². The minimum absolute atomic E-state index is 0.0550. The van der Waals surface area contributed by atoms with Gasteiger partial charge in [0, 0.05) is 13.2 Å². The maximum Gasteiger partial charge on any atom is 0.472 e. The predicted molar refractivity (Wildman–Crippen MR) is 91.7 cm³/mol. The molecule has 0 heterocycles. The SMILES string of the molecule is CCCCCCOCCOP(=O)(O)OCCOCCCCCC. The van der Waals surface area contributed by atoms with Gasteiger partial charge in [0.15, 0.2) is 0 Å². The molecule has 0 aromatic heterocycles. The average molecular weight is 354 g/mol. The van der Waals surface area contributed by atoms with Gasteiger partial charge in [0.2, 0.25) is 0 Å². The summed E-state index contributed by atoms with van der Waals surface area (Å²) in [6, 6.07) is 0. The van der Waals surface area contributed by atoms with Crippen molar-refractivity contribution < 1.29 is 28.0 Å². The predicted octanol–water partition coefficient (Wildman–Crippen LogP) is 4.31. The fourth-order valence-corrected chi connectivity index (χ4v) is 2.61. The molecule has 140 valence electrons. The van der Waals surface area contributed by atoms with Crippen molar-refractivity contribution in [1.82, 2.24) is 0 Å². The van der Waals surface area contributed by atoms with Crippen LogP contribution in [0.1, 0.15) is 65.2 Å². The van der Waals surface area contributed by atoms with E-state index in [1.165, 1.54) is 25.7 Å². The van der Waals surface area contributed by atoms with Gasteiger partial charge in [0.1, 0.15) is 0 Å². The van der Waals surface area contributed by atoms with Gasteiger partial charge < -0.3 is 14.4 Å². The Morgan fingerprint density at radius 1 is 0.652 bits per heavy atom. The highest BCUT2D eigenvalue weighted by Gasteiger charge is 2.20. The second-order valence-electron chi connectivity index (χ2n) is 5.48. The number of unbranched alkanes of at least 4 members (excludes halogenated alkanes) is 6. The largest absolute Gasteiger partial charge is 0.472 e. The molecule has 0 atom stereocenters. The minimum atomic E-state index is -3.98. The highest BCUT2D eigenvalue weighted by molar-refractivity contribution is 7.47. The molecule has 0 rings (SSSR count). The summed E-state index contributed by atoms with van der Waals surface area (Å²) >= 11 is 0. The van der Waals surface area contributed by atoms with Crippen LogP contribution in [0.2, 0.25) is 0 Å². The van der Waals surface area contributed by atoms with Gasteiger partial charge in [-0.1, -0.05) is 52.4 Å². The quantitative estimate of drug-likeness (QED) is 0.292. The van der Waals surface area contributed by atoms with Crippen molar-refractivity contribution in [3.63, 3.8) is 0 Å². The molecule has 0 bridgehead atoms. The molecule has 23 heavy (non-hydrogen) atoms. The van der Waals surface area contributed by atoms with Crippen molar-refractivity contribution in [2.75, 3.05) is 39.6 Å². The monoisotopic (exact) mass is 354 g/mol. The summed E-state index contributed by atoms with van der Waals surface area (Å²) in [6.07, 6.45) is 9.12. The van der Waals surface area contributed by atoms with Gasteiger partial charge in [-0.2, -0.15) is 0 Å². The molecule has 0 aromatic rings. The molecule has 0 aliphatic heterocycles. The maximum absolute atomic E-state index is 11.6. The normalized spacial score (nSPS) is 12.0. The zero-order valence-corrected chi connectivity index (χ0v) is 15.7. The Morgan fingerprint density at radius 2 is 1.09 bits per heavy atom. The highest BCUT2D eigenvalue weighted by atomic mass is 31.2. The van der Waals surface area contributed by atoms with E-state index in [2.05, 4.69) is 13.8 Å². The number of phosphoric ester groups is 1. The van der Waals surface area contributed by atoms with Gasteiger partial charge in [0.25, 0.3) is 0 Å². The summed E-state index contributed by atoms with van der Waals surface area (Å²) in [5.41, 5.74) is 0. The molecule has 1 N–H and O–H groups in total. The maximum atomic E-state index is 11.6. The number of hydrogen-bond donors (Lipinski definition) is 1. The first kappa shape index (κ1) is 23.0. The second-order valence-corrected chi connectivity index (χ2v) is 6.93. The highest BCUT2D eigenvalue weighted by Crippen LogP contribution is 2.42. The molecule has 0 amide bonds. The van der Waals surface area contributed by atoms with Gasteiger partial charge in [0.05, 0.1) is 26.4 Å². The molecule has 7 heteroatoms. The summed E-state index contributed by atoms with van der Waals surface area (Å²) in [6.45, 7) is 6.34. The molecule has 0 aliphatic rings. The van der Waals surface area contributed by atoms with Crippen molar-refractivity contribution in [1.29, 1.82) is 0 Å². The third-order valence-corrected chi connectivity index (χ3v) is 4.27. The third-order valence-electron chi connectivity index (χ3n) is 3.25.